The molecule has 5 heteroatoms. The molecule has 0 N–H and O–H groups in total. The Labute approximate surface area is 147 Å². The van der Waals surface area contributed by atoms with Gasteiger partial charge in [-0.15, -0.1) is 11.3 Å². The number of rotatable bonds is 4. The second-order valence-electron chi connectivity index (χ2n) is 4.91. The van der Waals surface area contributed by atoms with E-state index in [0.29, 0.717) is 14.2 Å². The van der Waals surface area contributed by atoms with E-state index in [4.69, 9.17) is 27.9 Å². The van der Waals surface area contributed by atoms with Gasteiger partial charge in [0.2, 0.25) is 0 Å². The molecule has 3 aromatic rings. The van der Waals surface area contributed by atoms with E-state index in [1.165, 1.54) is 17.4 Å². The lowest BCUT2D eigenvalue weighted by Gasteiger charge is -2.03. The monoisotopic (exact) mass is 362 g/mol. The summed E-state index contributed by atoms with van der Waals surface area (Å²) >= 11 is 13.0. The highest BCUT2D eigenvalue weighted by Gasteiger charge is 2.11. The highest BCUT2D eigenvalue weighted by atomic mass is 35.5. The Bertz CT molecular complexity index is 913. The van der Waals surface area contributed by atoms with Gasteiger partial charge in [0.05, 0.1) is 17.0 Å². The normalized spacial score (nSPS) is 11.3. The highest BCUT2D eigenvalue weighted by Crippen LogP contribution is 2.31. The average molecular weight is 363 g/mol. The zero-order chi connectivity index (χ0) is 16.4. The van der Waals surface area contributed by atoms with Crippen LogP contribution in [0.4, 0.5) is 0 Å². The summed E-state index contributed by atoms with van der Waals surface area (Å²) in [5.74, 6) is 0.660. The predicted octanol–water partition coefficient (Wildman–Crippen LogP) is 6.11. The van der Waals surface area contributed by atoms with E-state index in [0.717, 1.165) is 22.1 Å². The van der Waals surface area contributed by atoms with Gasteiger partial charge in [0.25, 0.3) is 0 Å². The molecule has 0 saturated carbocycles. The van der Waals surface area contributed by atoms with Crippen molar-refractivity contribution in [1.82, 2.24) is 0 Å². The van der Waals surface area contributed by atoms with E-state index in [9.17, 15) is 4.79 Å². The Morgan fingerprint density at radius 2 is 1.83 bits per heavy atom. The molecule has 0 aliphatic heterocycles. The lowest BCUT2D eigenvalue weighted by molar-refractivity contribution is 0.104. The van der Waals surface area contributed by atoms with Gasteiger partial charge in [-0.2, -0.15) is 0 Å². The number of thiophene rings is 1. The van der Waals surface area contributed by atoms with Crippen molar-refractivity contribution in [2.75, 3.05) is 7.11 Å². The first-order valence-electron chi connectivity index (χ1n) is 6.82. The van der Waals surface area contributed by atoms with Crippen LogP contribution >= 0.6 is 34.5 Å². The van der Waals surface area contributed by atoms with E-state index in [1.54, 1.807) is 19.3 Å². The lowest BCUT2D eigenvalue weighted by Crippen LogP contribution is -1.91. The van der Waals surface area contributed by atoms with Crippen LogP contribution in [0.3, 0.4) is 0 Å². The minimum absolute atomic E-state index is 0.159. The topological polar surface area (TPSA) is 26.3 Å². The molecule has 0 radical (unpaired) electrons. The first kappa shape index (κ1) is 16.1. The van der Waals surface area contributed by atoms with E-state index in [1.807, 2.05) is 36.4 Å². The van der Waals surface area contributed by atoms with Crippen LogP contribution in [0, 0.1) is 0 Å². The molecule has 3 rings (SSSR count). The van der Waals surface area contributed by atoms with Crippen LogP contribution in [0.25, 0.3) is 16.8 Å². The molecule has 0 unspecified atom stereocenters. The Kier molecular flexibility index (Phi) is 4.71. The number of carbonyl (C=O) groups excluding carboxylic acids is 1. The number of benzene rings is 2. The Hall–Kier alpha value is -1.81. The zero-order valence-corrected chi connectivity index (χ0v) is 14.5. The molecular formula is C18H12Cl2O2S. The summed E-state index contributed by atoms with van der Waals surface area (Å²) < 4.78 is 6.13. The smallest absolute Gasteiger partial charge is 0.188 e. The van der Waals surface area contributed by atoms with E-state index in [-0.39, 0.29) is 5.78 Å². The number of ether oxygens (including phenoxy) is 1. The molecular weight excluding hydrogens is 351 g/mol. The van der Waals surface area contributed by atoms with Gasteiger partial charge in [0, 0.05) is 0 Å². The fraction of sp³-hybridized carbons (Fsp3) is 0.0556. The van der Waals surface area contributed by atoms with Gasteiger partial charge in [-0.3, -0.25) is 4.79 Å². The molecule has 0 aliphatic carbocycles. The molecule has 0 atom stereocenters. The summed E-state index contributed by atoms with van der Waals surface area (Å²) in [4.78, 5) is 12.2. The molecule has 0 amide bonds. The third-order valence-electron chi connectivity index (χ3n) is 3.42. The highest BCUT2D eigenvalue weighted by molar-refractivity contribution is 7.20. The summed E-state index contributed by atoms with van der Waals surface area (Å²) in [6.07, 6.45) is 3.28. The molecule has 116 valence electrons. The van der Waals surface area contributed by atoms with Crippen molar-refractivity contribution in [3.8, 4) is 5.75 Å². The Morgan fingerprint density at radius 3 is 2.52 bits per heavy atom. The molecule has 0 saturated heterocycles. The summed E-state index contributed by atoms with van der Waals surface area (Å²) in [5.41, 5.74) is 1.37. The quantitative estimate of drug-likeness (QED) is 0.413. The summed E-state index contributed by atoms with van der Waals surface area (Å²) in [5, 5.41) is 2.16. The maximum atomic E-state index is 12.2. The van der Waals surface area contributed by atoms with Crippen LogP contribution in [0.2, 0.25) is 8.67 Å². The van der Waals surface area contributed by atoms with Gasteiger partial charge < -0.3 is 4.74 Å². The van der Waals surface area contributed by atoms with E-state index >= 15 is 0 Å². The van der Waals surface area contributed by atoms with Crippen LogP contribution in [0.15, 0.2) is 48.5 Å². The molecule has 0 spiro atoms. The number of carbonyl (C=O) groups is 1. The largest absolute Gasteiger partial charge is 0.497 e. The molecule has 0 bridgehead atoms. The van der Waals surface area contributed by atoms with Crippen LogP contribution in [0.5, 0.6) is 5.75 Å². The zero-order valence-electron chi connectivity index (χ0n) is 12.2. The van der Waals surface area contributed by atoms with Crippen molar-refractivity contribution in [2.45, 2.75) is 0 Å². The predicted molar refractivity (Wildman–Crippen MR) is 98.2 cm³/mol. The number of ketones is 1. The Balaban J connectivity index is 1.86. The lowest BCUT2D eigenvalue weighted by atomic mass is 10.1. The van der Waals surface area contributed by atoms with E-state index in [2.05, 4.69) is 0 Å². The summed E-state index contributed by atoms with van der Waals surface area (Å²) in [6, 6.07) is 13.4. The molecule has 23 heavy (non-hydrogen) atoms. The minimum atomic E-state index is -0.159. The summed E-state index contributed by atoms with van der Waals surface area (Å²) in [7, 11) is 1.64. The van der Waals surface area contributed by atoms with Crippen molar-refractivity contribution in [3.63, 3.8) is 0 Å². The molecule has 0 aliphatic rings. The minimum Gasteiger partial charge on any atom is -0.497 e. The number of fused-ring (bicyclic) bond motifs is 1. The maximum Gasteiger partial charge on any atom is 0.188 e. The molecule has 1 heterocycles. The number of hydrogen-bond donors (Lipinski definition) is 0. The SMILES string of the molecule is COc1ccc2cc(C=CC(=O)c3cc(Cl)sc3Cl)ccc2c1. The van der Waals surface area contributed by atoms with Crippen LogP contribution in [-0.2, 0) is 0 Å². The van der Waals surface area contributed by atoms with Gasteiger partial charge in [0.15, 0.2) is 5.78 Å². The molecule has 2 nitrogen and oxygen atoms in total. The average Bonchev–Trinajstić information content (AvgIpc) is 2.90. The van der Waals surface area contributed by atoms with Crippen molar-refractivity contribution in [2.24, 2.45) is 0 Å². The third kappa shape index (κ3) is 3.58. The second kappa shape index (κ2) is 6.75. The van der Waals surface area contributed by atoms with Crippen molar-refractivity contribution >= 4 is 57.2 Å². The van der Waals surface area contributed by atoms with Gasteiger partial charge in [-0.25, -0.2) is 0 Å². The summed E-state index contributed by atoms with van der Waals surface area (Å²) in [6.45, 7) is 0. The number of allylic oxidation sites excluding steroid dienone is 1. The van der Waals surface area contributed by atoms with Gasteiger partial charge >= 0.3 is 0 Å². The molecule has 2 aromatic carbocycles. The maximum absolute atomic E-state index is 12.2. The third-order valence-corrected chi connectivity index (χ3v) is 4.91. The van der Waals surface area contributed by atoms with Gasteiger partial charge in [-0.1, -0.05) is 47.5 Å². The standard InChI is InChI=1S/C18H12Cl2O2S/c1-22-14-6-5-12-8-11(2-4-13(12)9-14)3-7-16(21)15-10-17(19)23-18(15)20/h2-10H,1H3. The van der Waals surface area contributed by atoms with Gasteiger partial charge in [0.1, 0.15) is 10.1 Å². The van der Waals surface area contributed by atoms with Crippen LogP contribution in [-0.4, -0.2) is 12.9 Å². The fourth-order valence-corrected chi connectivity index (χ4v) is 3.72. The molecule has 1 aromatic heterocycles. The molecule has 0 fully saturated rings. The number of methoxy groups -OCH3 is 1. The van der Waals surface area contributed by atoms with E-state index < -0.39 is 0 Å². The van der Waals surface area contributed by atoms with Crippen molar-refractivity contribution < 1.29 is 9.53 Å². The van der Waals surface area contributed by atoms with Gasteiger partial charge in [-0.05, 0) is 46.7 Å². The van der Waals surface area contributed by atoms with Crippen LogP contribution < -0.4 is 4.74 Å². The fourth-order valence-electron chi connectivity index (χ4n) is 2.24. The second-order valence-corrected chi connectivity index (χ2v) is 7.19. The number of halogens is 2. The van der Waals surface area contributed by atoms with Crippen molar-refractivity contribution in [3.05, 3.63) is 68.3 Å². The Morgan fingerprint density at radius 1 is 1.09 bits per heavy atom. The van der Waals surface area contributed by atoms with Crippen LogP contribution in [0.1, 0.15) is 15.9 Å². The first-order chi connectivity index (χ1) is 11.1. The first-order valence-corrected chi connectivity index (χ1v) is 8.39. The van der Waals surface area contributed by atoms with Crippen molar-refractivity contribution in [1.29, 1.82) is 0 Å². The number of hydrogen-bond acceptors (Lipinski definition) is 3.